The van der Waals surface area contributed by atoms with Crippen LogP contribution in [-0.4, -0.2) is 34.5 Å². The molecule has 154 valence electrons. The Morgan fingerprint density at radius 2 is 1.77 bits per heavy atom. The van der Waals surface area contributed by atoms with E-state index in [9.17, 15) is 10.1 Å². The van der Waals surface area contributed by atoms with Gasteiger partial charge in [0.1, 0.15) is 11.5 Å². The fraction of sp³-hybridized carbons (Fsp3) is 0.273. The molecule has 5 nitrogen and oxygen atoms in total. The number of para-hydroxylation sites is 1. The Labute approximate surface area is 189 Å². The summed E-state index contributed by atoms with van der Waals surface area (Å²) in [6, 6.07) is 15.4. The molecule has 8 heteroatoms. The van der Waals surface area contributed by atoms with Gasteiger partial charge in [-0.05, 0) is 48.3 Å². The van der Waals surface area contributed by atoms with E-state index in [0.717, 1.165) is 28.0 Å². The summed E-state index contributed by atoms with van der Waals surface area (Å²) in [5, 5.41) is 9.37. The highest BCUT2D eigenvalue weighted by Crippen LogP contribution is 2.46. The number of amides is 1. The Hall–Kier alpha value is -2.39. The van der Waals surface area contributed by atoms with E-state index in [1.807, 2.05) is 36.4 Å². The average molecular weight is 464 g/mol. The van der Waals surface area contributed by atoms with Crippen molar-refractivity contribution in [3.8, 4) is 17.6 Å². The third-order valence-corrected chi connectivity index (χ3v) is 6.22. The van der Waals surface area contributed by atoms with E-state index in [0.29, 0.717) is 37.2 Å². The molecule has 0 unspecified atom stereocenters. The van der Waals surface area contributed by atoms with Crippen LogP contribution in [0.2, 0.25) is 0 Å². The molecule has 0 spiro atoms. The van der Waals surface area contributed by atoms with Crippen molar-refractivity contribution in [1.29, 1.82) is 5.26 Å². The second kappa shape index (κ2) is 8.39. The van der Waals surface area contributed by atoms with Crippen LogP contribution >= 0.6 is 34.8 Å². The fourth-order valence-electron chi connectivity index (χ4n) is 3.75. The highest BCUT2D eigenvalue weighted by Gasteiger charge is 2.33. The maximum atomic E-state index is 12.6. The number of halogens is 3. The highest BCUT2D eigenvalue weighted by atomic mass is 35.5. The van der Waals surface area contributed by atoms with Crippen LogP contribution in [0.25, 0.3) is 11.1 Å². The number of alkyl halides is 3. The zero-order chi connectivity index (χ0) is 21.3. The van der Waals surface area contributed by atoms with Gasteiger partial charge in [-0.25, -0.2) is 4.79 Å². The summed E-state index contributed by atoms with van der Waals surface area (Å²) in [6.45, 7) is 0.827. The molecule has 0 radical (unpaired) electrons. The summed E-state index contributed by atoms with van der Waals surface area (Å²) in [7, 11) is 0. The minimum absolute atomic E-state index is 0.237. The lowest BCUT2D eigenvalue weighted by Gasteiger charge is -2.25. The number of rotatable bonds is 2. The van der Waals surface area contributed by atoms with E-state index in [1.54, 1.807) is 11.0 Å². The first-order valence-electron chi connectivity index (χ1n) is 9.37. The van der Waals surface area contributed by atoms with E-state index >= 15 is 0 Å². The molecule has 1 amide bonds. The molecular weight excluding hydrogens is 447 g/mol. The number of carbonyl (C=O) groups excluding carboxylic acids is 1. The van der Waals surface area contributed by atoms with Crippen molar-refractivity contribution in [3.05, 3.63) is 59.2 Å². The third-order valence-electron chi connectivity index (χ3n) is 5.14. The summed E-state index contributed by atoms with van der Waals surface area (Å²) in [6.07, 6.45) is 0.524. The van der Waals surface area contributed by atoms with Crippen LogP contribution in [-0.2, 0) is 4.74 Å². The van der Waals surface area contributed by atoms with E-state index in [-0.39, 0.29) is 5.88 Å². The van der Waals surface area contributed by atoms with Gasteiger partial charge in [0.15, 0.2) is 0 Å². The van der Waals surface area contributed by atoms with Gasteiger partial charge in [0, 0.05) is 24.2 Å². The van der Waals surface area contributed by atoms with Gasteiger partial charge < -0.3 is 14.4 Å². The molecule has 0 saturated carbocycles. The van der Waals surface area contributed by atoms with E-state index in [4.69, 9.17) is 44.3 Å². The first kappa shape index (κ1) is 20.9. The number of nitriles is 1. The SMILES string of the molecule is N#Cc1ccc2c(c1)C1=C(CCN(C(=O)OC(Cl)(Cl)CCl)CC1)c1ccccc1O2. The predicted octanol–water partition coefficient (Wildman–Crippen LogP) is 6.18. The van der Waals surface area contributed by atoms with Gasteiger partial charge in [-0.2, -0.15) is 5.26 Å². The smallest absolute Gasteiger partial charge is 0.412 e. The van der Waals surface area contributed by atoms with Crippen molar-refractivity contribution < 1.29 is 14.3 Å². The summed E-state index contributed by atoms with van der Waals surface area (Å²) >= 11 is 17.4. The third kappa shape index (κ3) is 4.09. The highest BCUT2D eigenvalue weighted by molar-refractivity contribution is 6.50. The maximum Gasteiger partial charge on any atom is 0.412 e. The Kier molecular flexibility index (Phi) is 5.84. The molecular formula is C22H17Cl3N2O3. The van der Waals surface area contributed by atoms with Crippen LogP contribution in [0.15, 0.2) is 42.5 Å². The Morgan fingerprint density at radius 3 is 2.47 bits per heavy atom. The lowest BCUT2D eigenvalue weighted by atomic mass is 9.91. The molecule has 2 aliphatic heterocycles. The number of carbonyl (C=O) groups is 1. The largest absolute Gasteiger partial charge is 0.456 e. The molecule has 0 aliphatic carbocycles. The molecule has 4 rings (SSSR count). The quantitative estimate of drug-likeness (QED) is 0.499. The molecule has 2 aliphatic rings. The Morgan fingerprint density at radius 1 is 1.10 bits per heavy atom. The van der Waals surface area contributed by atoms with Gasteiger partial charge in [-0.3, -0.25) is 0 Å². The normalized spacial score (nSPS) is 15.6. The summed E-state index contributed by atoms with van der Waals surface area (Å²) in [4.78, 5) is 14.1. The number of hydrogen-bond donors (Lipinski definition) is 0. The van der Waals surface area contributed by atoms with E-state index < -0.39 is 10.6 Å². The first-order valence-corrected chi connectivity index (χ1v) is 10.7. The molecule has 2 aromatic rings. The van der Waals surface area contributed by atoms with Crippen LogP contribution < -0.4 is 4.74 Å². The van der Waals surface area contributed by atoms with Crippen molar-refractivity contribution >= 4 is 52.0 Å². The van der Waals surface area contributed by atoms with Crippen molar-refractivity contribution in [2.24, 2.45) is 0 Å². The van der Waals surface area contributed by atoms with Crippen molar-refractivity contribution in [2.75, 3.05) is 19.0 Å². The lowest BCUT2D eigenvalue weighted by Crippen LogP contribution is -2.37. The van der Waals surface area contributed by atoms with Crippen LogP contribution in [0.5, 0.6) is 11.5 Å². The zero-order valence-corrected chi connectivity index (χ0v) is 18.1. The fourth-order valence-corrected chi connectivity index (χ4v) is 3.94. The lowest BCUT2D eigenvalue weighted by molar-refractivity contribution is 0.0855. The first-order chi connectivity index (χ1) is 14.4. The van der Waals surface area contributed by atoms with Crippen LogP contribution in [0.1, 0.15) is 29.5 Å². The Balaban J connectivity index is 1.72. The van der Waals surface area contributed by atoms with Gasteiger partial charge in [-0.1, -0.05) is 41.4 Å². The summed E-state index contributed by atoms with van der Waals surface area (Å²) < 4.78 is 9.55. The monoisotopic (exact) mass is 462 g/mol. The molecule has 0 saturated heterocycles. The van der Waals surface area contributed by atoms with Gasteiger partial charge in [-0.15, -0.1) is 11.6 Å². The van der Waals surface area contributed by atoms with Crippen molar-refractivity contribution in [2.45, 2.75) is 17.4 Å². The predicted molar refractivity (Wildman–Crippen MR) is 117 cm³/mol. The Bertz CT molecular complexity index is 1080. The second-order valence-corrected chi connectivity index (χ2v) is 8.69. The van der Waals surface area contributed by atoms with Crippen molar-refractivity contribution in [3.63, 3.8) is 0 Å². The second-order valence-electron chi connectivity index (χ2n) is 7.00. The van der Waals surface area contributed by atoms with Crippen molar-refractivity contribution in [1.82, 2.24) is 4.90 Å². The maximum absolute atomic E-state index is 12.6. The molecule has 2 heterocycles. The zero-order valence-electron chi connectivity index (χ0n) is 15.8. The molecule has 30 heavy (non-hydrogen) atoms. The topological polar surface area (TPSA) is 62.6 Å². The molecule has 0 fully saturated rings. The minimum atomic E-state index is -1.77. The number of benzene rings is 2. The molecule has 2 aromatic carbocycles. The van der Waals surface area contributed by atoms with Gasteiger partial charge in [0.05, 0.1) is 17.5 Å². The molecule has 0 bridgehead atoms. The van der Waals surface area contributed by atoms with Gasteiger partial charge in [0.25, 0.3) is 4.52 Å². The van der Waals surface area contributed by atoms with Crippen LogP contribution in [0.3, 0.4) is 0 Å². The summed E-state index contributed by atoms with van der Waals surface area (Å²) in [5.74, 6) is 1.19. The minimum Gasteiger partial charge on any atom is -0.456 e. The molecule has 0 atom stereocenters. The number of nitrogens with zero attached hydrogens (tertiary/aromatic N) is 2. The number of fused-ring (bicyclic) bond motifs is 4. The average Bonchev–Trinajstić information content (AvgIpc) is 3.03. The number of ether oxygens (including phenoxy) is 2. The van der Waals surface area contributed by atoms with E-state index in [2.05, 4.69) is 6.07 Å². The standard InChI is InChI=1S/C22H17Cl3N2O3/c23-13-22(24,25)30-21(28)27-9-7-15-16(8-10-27)18-11-14(12-26)5-6-20(18)29-19-4-2-1-3-17(15)19/h1-6,11H,7-10,13H2. The number of hydrogen-bond acceptors (Lipinski definition) is 4. The van der Waals surface area contributed by atoms with E-state index in [1.165, 1.54) is 0 Å². The van der Waals surface area contributed by atoms with Crippen LogP contribution in [0.4, 0.5) is 4.79 Å². The van der Waals surface area contributed by atoms with Gasteiger partial charge in [0.2, 0.25) is 0 Å². The van der Waals surface area contributed by atoms with Crippen LogP contribution in [0, 0.1) is 11.3 Å². The summed E-state index contributed by atoms with van der Waals surface area (Å²) in [5.41, 5.74) is 4.51. The van der Waals surface area contributed by atoms with Gasteiger partial charge >= 0.3 is 6.09 Å². The molecule has 0 N–H and O–H groups in total. The molecule has 0 aromatic heterocycles.